The van der Waals surface area contributed by atoms with Gasteiger partial charge < -0.3 is 15.3 Å². The van der Waals surface area contributed by atoms with Crippen molar-refractivity contribution in [2.75, 3.05) is 26.2 Å². The van der Waals surface area contributed by atoms with Gasteiger partial charge >= 0.3 is 5.97 Å². The van der Waals surface area contributed by atoms with Crippen LogP contribution in [-0.2, 0) is 19.6 Å². The monoisotopic (exact) mass is 383 g/mol. The molecule has 1 aromatic carbocycles. The Bertz CT molecular complexity index is 815. The Morgan fingerprint density at radius 3 is 2.31 bits per heavy atom. The summed E-state index contributed by atoms with van der Waals surface area (Å²) in [6.07, 6.45) is 0. The number of nitrogens with one attached hydrogen (secondary N) is 1. The van der Waals surface area contributed by atoms with Crippen LogP contribution in [0, 0.1) is 0 Å². The highest BCUT2D eigenvalue weighted by atomic mass is 32.2. The van der Waals surface area contributed by atoms with Gasteiger partial charge in [-0.1, -0.05) is 6.07 Å². The second kappa shape index (κ2) is 7.83. The highest BCUT2D eigenvalue weighted by Crippen LogP contribution is 2.19. The molecule has 0 unspecified atom stereocenters. The van der Waals surface area contributed by atoms with Gasteiger partial charge in [0.15, 0.2) is 0 Å². The van der Waals surface area contributed by atoms with Crippen molar-refractivity contribution in [3.05, 3.63) is 29.8 Å². The average Bonchev–Trinajstić information content (AvgIpc) is 2.61. The Balaban J connectivity index is 2.17. The van der Waals surface area contributed by atoms with Crippen LogP contribution >= 0.6 is 0 Å². The largest absolute Gasteiger partial charge is 0.480 e. The number of carboxylic acid groups (broad SMARTS) is 1. The molecule has 1 heterocycles. The van der Waals surface area contributed by atoms with Gasteiger partial charge in [-0.3, -0.25) is 14.4 Å². The number of carbonyl (C=O) groups excluding carboxylic acids is 2. The number of sulfonamides is 1. The summed E-state index contributed by atoms with van der Waals surface area (Å²) in [6.45, 7) is 3.72. The maximum absolute atomic E-state index is 12.8. The number of carboxylic acids is 1. The second-order valence-corrected chi connectivity index (χ2v) is 7.91. The zero-order valence-electron chi connectivity index (χ0n) is 14.5. The van der Waals surface area contributed by atoms with Crippen molar-refractivity contribution in [3.8, 4) is 0 Å². The van der Waals surface area contributed by atoms with Crippen molar-refractivity contribution in [1.29, 1.82) is 0 Å². The van der Waals surface area contributed by atoms with E-state index >= 15 is 0 Å². The lowest BCUT2D eigenvalue weighted by molar-refractivity contribution is -0.138. The van der Waals surface area contributed by atoms with Gasteiger partial charge in [0.1, 0.15) is 6.04 Å². The lowest BCUT2D eigenvalue weighted by atomic mass is 10.2. The van der Waals surface area contributed by atoms with E-state index in [1.807, 2.05) is 0 Å². The molecule has 10 heteroatoms. The third kappa shape index (κ3) is 4.38. The summed E-state index contributed by atoms with van der Waals surface area (Å²) in [5.74, 6) is -1.96. The molecule has 9 nitrogen and oxygen atoms in total. The van der Waals surface area contributed by atoms with Gasteiger partial charge in [-0.2, -0.15) is 4.31 Å². The molecular weight excluding hydrogens is 362 g/mol. The van der Waals surface area contributed by atoms with Crippen molar-refractivity contribution in [2.24, 2.45) is 0 Å². The Morgan fingerprint density at radius 1 is 1.15 bits per heavy atom. The number of benzene rings is 1. The van der Waals surface area contributed by atoms with Crippen LogP contribution in [0.15, 0.2) is 29.2 Å². The van der Waals surface area contributed by atoms with E-state index in [1.165, 1.54) is 42.4 Å². The van der Waals surface area contributed by atoms with Crippen LogP contribution in [-0.4, -0.2) is 72.7 Å². The van der Waals surface area contributed by atoms with Crippen molar-refractivity contribution < 1.29 is 27.9 Å². The van der Waals surface area contributed by atoms with Crippen LogP contribution < -0.4 is 5.32 Å². The number of hydrogen-bond donors (Lipinski definition) is 2. The van der Waals surface area contributed by atoms with Gasteiger partial charge in [0.05, 0.1) is 4.90 Å². The van der Waals surface area contributed by atoms with Crippen molar-refractivity contribution >= 4 is 27.8 Å². The normalized spacial score (nSPS) is 16.8. The Labute approximate surface area is 151 Å². The minimum Gasteiger partial charge on any atom is -0.480 e. The molecule has 0 radical (unpaired) electrons. The van der Waals surface area contributed by atoms with Crippen LogP contribution in [0.5, 0.6) is 0 Å². The molecule has 142 valence electrons. The molecule has 1 aliphatic heterocycles. The van der Waals surface area contributed by atoms with Gasteiger partial charge in [0, 0.05) is 38.7 Å². The molecule has 1 aromatic rings. The summed E-state index contributed by atoms with van der Waals surface area (Å²) in [6, 6.07) is 4.35. The standard InChI is InChI=1S/C16H21N3O6S/c1-11(16(22)23)17-15(21)13-4-3-5-14(10-13)26(24,25)19-8-6-18(7-9-19)12(2)20/h3-5,10-11H,6-9H2,1-2H3,(H,17,21)(H,22,23)/t11-/m1/s1. The zero-order chi connectivity index (χ0) is 19.5. The smallest absolute Gasteiger partial charge is 0.325 e. The summed E-state index contributed by atoms with van der Waals surface area (Å²) >= 11 is 0. The Hall–Kier alpha value is -2.46. The Kier molecular flexibility index (Phi) is 5.98. The third-order valence-electron chi connectivity index (χ3n) is 4.14. The van der Waals surface area contributed by atoms with Gasteiger partial charge in [-0.15, -0.1) is 0 Å². The van der Waals surface area contributed by atoms with Crippen LogP contribution in [0.1, 0.15) is 24.2 Å². The van der Waals surface area contributed by atoms with Crippen LogP contribution in [0.4, 0.5) is 0 Å². The number of hydrogen-bond acceptors (Lipinski definition) is 5. The topological polar surface area (TPSA) is 124 Å². The van der Waals surface area contributed by atoms with Crippen molar-refractivity contribution in [1.82, 2.24) is 14.5 Å². The van der Waals surface area contributed by atoms with Crippen LogP contribution in [0.3, 0.4) is 0 Å². The maximum atomic E-state index is 12.8. The quantitative estimate of drug-likeness (QED) is 0.722. The molecule has 2 N–H and O–H groups in total. The fraction of sp³-hybridized carbons (Fsp3) is 0.438. The minimum absolute atomic E-state index is 0.0515. The summed E-state index contributed by atoms with van der Waals surface area (Å²) in [5, 5.41) is 11.1. The lowest BCUT2D eigenvalue weighted by Crippen LogP contribution is -2.49. The van der Waals surface area contributed by atoms with E-state index in [1.54, 1.807) is 4.90 Å². The van der Waals surface area contributed by atoms with E-state index < -0.39 is 27.9 Å². The predicted molar refractivity (Wildman–Crippen MR) is 92.0 cm³/mol. The second-order valence-electron chi connectivity index (χ2n) is 5.97. The van der Waals surface area contributed by atoms with E-state index in [-0.39, 0.29) is 29.5 Å². The minimum atomic E-state index is -3.81. The summed E-state index contributed by atoms with van der Waals surface area (Å²) in [5.41, 5.74) is 0.0570. The molecule has 2 rings (SSSR count). The molecule has 0 aliphatic carbocycles. The summed E-state index contributed by atoms with van der Waals surface area (Å²) < 4.78 is 26.8. The molecule has 0 spiro atoms. The molecule has 1 fully saturated rings. The molecule has 1 aliphatic rings. The molecule has 2 amide bonds. The van der Waals surface area contributed by atoms with Crippen molar-refractivity contribution in [3.63, 3.8) is 0 Å². The first kappa shape index (κ1) is 19.9. The van der Waals surface area contributed by atoms with E-state index in [2.05, 4.69) is 5.32 Å². The van der Waals surface area contributed by atoms with E-state index in [0.717, 1.165) is 0 Å². The highest BCUT2D eigenvalue weighted by molar-refractivity contribution is 7.89. The van der Waals surface area contributed by atoms with Crippen LogP contribution in [0.25, 0.3) is 0 Å². The molecule has 0 bridgehead atoms. The number of aliphatic carboxylic acids is 1. The predicted octanol–water partition coefficient (Wildman–Crippen LogP) is -0.258. The number of carbonyl (C=O) groups is 3. The molecule has 1 saturated heterocycles. The van der Waals surface area contributed by atoms with E-state index in [4.69, 9.17) is 5.11 Å². The molecule has 0 aromatic heterocycles. The molecule has 26 heavy (non-hydrogen) atoms. The first-order valence-corrected chi connectivity index (χ1v) is 9.46. The van der Waals surface area contributed by atoms with Gasteiger partial charge in [0.25, 0.3) is 5.91 Å². The number of piperazine rings is 1. The highest BCUT2D eigenvalue weighted by Gasteiger charge is 2.29. The van der Waals surface area contributed by atoms with Gasteiger partial charge in [0.2, 0.25) is 15.9 Å². The molecule has 0 saturated carbocycles. The summed E-state index contributed by atoms with van der Waals surface area (Å²) in [7, 11) is -3.81. The van der Waals surface area contributed by atoms with Crippen molar-refractivity contribution in [2.45, 2.75) is 24.8 Å². The maximum Gasteiger partial charge on any atom is 0.325 e. The fourth-order valence-electron chi connectivity index (χ4n) is 2.53. The van der Waals surface area contributed by atoms with E-state index in [9.17, 15) is 22.8 Å². The lowest BCUT2D eigenvalue weighted by Gasteiger charge is -2.33. The van der Waals surface area contributed by atoms with Gasteiger partial charge in [-0.25, -0.2) is 8.42 Å². The van der Waals surface area contributed by atoms with Crippen LogP contribution in [0.2, 0.25) is 0 Å². The van der Waals surface area contributed by atoms with E-state index in [0.29, 0.717) is 13.1 Å². The number of amides is 2. The number of nitrogens with zero attached hydrogens (tertiary/aromatic N) is 2. The summed E-state index contributed by atoms with van der Waals surface area (Å²) in [4.78, 5) is 35.8. The first-order chi connectivity index (χ1) is 12.1. The number of rotatable bonds is 5. The Morgan fingerprint density at radius 2 is 1.77 bits per heavy atom. The average molecular weight is 383 g/mol. The zero-order valence-corrected chi connectivity index (χ0v) is 15.3. The SMILES string of the molecule is CC(=O)N1CCN(S(=O)(=O)c2cccc(C(=O)N[C@H](C)C(=O)O)c2)CC1. The molecule has 1 atom stereocenters. The molecular formula is C16H21N3O6S. The van der Waals surface area contributed by atoms with Gasteiger partial charge in [-0.05, 0) is 25.1 Å². The third-order valence-corrected chi connectivity index (χ3v) is 6.03. The first-order valence-electron chi connectivity index (χ1n) is 8.02. The fourth-order valence-corrected chi connectivity index (χ4v) is 4.00.